The van der Waals surface area contributed by atoms with Crippen molar-refractivity contribution < 1.29 is 4.79 Å². The number of anilines is 1. The second-order valence-electron chi connectivity index (χ2n) is 6.67. The Labute approximate surface area is 147 Å². The van der Waals surface area contributed by atoms with Gasteiger partial charge in [-0.3, -0.25) is 4.79 Å². The molecule has 128 valence electrons. The lowest BCUT2D eigenvalue weighted by Crippen LogP contribution is -2.49. The van der Waals surface area contributed by atoms with E-state index in [0.29, 0.717) is 5.69 Å². The Morgan fingerprint density at radius 2 is 1.80 bits per heavy atom. The molecule has 1 saturated heterocycles. The lowest BCUT2D eigenvalue weighted by atomic mass is 10.1. The van der Waals surface area contributed by atoms with Crippen LogP contribution in [0.3, 0.4) is 0 Å². The maximum absolute atomic E-state index is 12.8. The highest BCUT2D eigenvalue weighted by molar-refractivity contribution is 5.93. The molecule has 3 aromatic rings. The van der Waals surface area contributed by atoms with E-state index in [0.717, 1.165) is 31.7 Å². The number of amides is 1. The number of nitrogens with zero attached hydrogens (tertiary/aromatic N) is 4. The molecule has 1 aliphatic heterocycles. The van der Waals surface area contributed by atoms with Crippen molar-refractivity contribution in [3.8, 4) is 0 Å². The minimum absolute atomic E-state index is 0.0176. The van der Waals surface area contributed by atoms with Crippen LogP contribution in [0.2, 0.25) is 0 Å². The van der Waals surface area contributed by atoms with Crippen LogP contribution in [0, 0.1) is 13.8 Å². The first-order valence-electron chi connectivity index (χ1n) is 8.68. The van der Waals surface area contributed by atoms with E-state index in [2.05, 4.69) is 42.0 Å². The summed E-state index contributed by atoms with van der Waals surface area (Å²) in [7, 11) is 0. The van der Waals surface area contributed by atoms with Gasteiger partial charge in [0.2, 0.25) is 0 Å². The maximum atomic E-state index is 12.8. The molecule has 2 aromatic heterocycles. The van der Waals surface area contributed by atoms with Gasteiger partial charge in [0.15, 0.2) is 5.69 Å². The van der Waals surface area contributed by atoms with Gasteiger partial charge in [-0.25, -0.2) is 4.52 Å². The van der Waals surface area contributed by atoms with Crippen LogP contribution < -0.4 is 4.90 Å². The van der Waals surface area contributed by atoms with Gasteiger partial charge in [-0.2, -0.15) is 5.10 Å². The number of pyridine rings is 1. The number of hydrogen-bond donors (Lipinski definition) is 0. The normalized spacial score (nSPS) is 15.0. The zero-order valence-corrected chi connectivity index (χ0v) is 14.6. The summed E-state index contributed by atoms with van der Waals surface area (Å²) in [5.41, 5.74) is 5.30. The minimum atomic E-state index is 0.0176. The SMILES string of the molecule is Cc1ccc(N2CCN(C(=O)c3cc4ccccn4n3)CC2)c(C)c1. The summed E-state index contributed by atoms with van der Waals surface area (Å²) in [5.74, 6) is 0.0176. The molecular formula is C20H22N4O. The molecule has 1 aromatic carbocycles. The van der Waals surface area contributed by atoms with E-state index in [4.69, 9.17) is 0 Å². The van der Waals surface area contributed by atoms with Crippen molar-refractivity contribution in [3.63, 3.8) is 0 Å². The van der Waals surface area contributed by atoms with Crippen molar-refractivity contribution in [3.05, 3.63) is 65.5 Å². The summed E-state index contributed by atoms with van der Waals surface area (Å²) in [5, 5.41) is 4.40. The van der Waals surface area contributed by atoms with Gasteiger partial charge in [0.25, 0.3) is 5.91 Å². The topological polar surface area (TPSA) is 40.9 Å². The summed E-state index contributed by atoms with van der Waals surface area (Å²) in [6.07, 6.45) is 1.87. The first-order chi connectivity index (χ1) is 12.1. The molecule has 3 heterocycles. The van der Waals surface area contributed by atoms with Crippen molar-refractivity contribution in [2.24, 2.45) is 0 Å². The van der Waals surface area contributed by atoms with Gasteiger partial charge in [0.05, 0.1) is 5.52 Å². The molecule has 0 aliphatic carbocycles. The molecule has 0 unspecified atom stereocenters. The molecule has 1 aliphatic rings. The lowest BCUT2D eigenvalue weighted by Gasteiger charge is -2.36. The molecule has 0 atom stereocenters. The Morgan fingerprint density at radius 3 is 2.52 bits per heavy atom. The predicted molar refractivity (Wildman–Crippen MR) is 99.2 cm³/mol. The Bertz CT molecular complexity index is 889. The van der Waals surface area contributed by atoms with Gasteiger partial charge >= 0.3 is 0 Å². The Hall–Kier alpha value is -2.82. The van der Waals surface area contributed by atoms with Gasteiger partial charge in [-0.05, 0) is 43.7 Å². The van der Waals surface area contributed by atoms with Crippen LogP contribution in [-0.4, -0.2) is 46.6 Å². The van der Waals surface area contributed by atoms with E-state index in [1.807, 2.05) is 35.4 Å². The van der Waals surface area contributed by atoms with Crippen molar-refractivity contribution >= 4 is 17.1 Å². The maximum Gasteiger partial charge on any atom is 0.274 e. The van der Waals surface area contributed by atoms with E-state index in [1.54, 1.807) is 4.52 Å². The number of rotatable bonds is 2. The Kier molecular flexibility index (Phi) is 3.92. The molecule has 5 nitrogen and oxygen atoms in total. The fraction of sp³-hybridized carbons (Fsp3) is 0.300. The number of hydrogen-bond acceptors (Lipinski definition) is 3. The zero-order chi connectivity index (χ0) is 17.4. The molecule has 0 N–H and O–H groups in total. The molecule has 0 bridgehead atoms. The average Bonchev–Trinajstić information content (AvgIpc) is 3.05. The number of aryl methyl sites for hydroxylation is 2. The summed E-state index contributed by atoms with van der Waals surface area (Å²) < 4.78 is 1.75. The molecule has 0 saturated carbocycles. The van der Waals surface area contributed by atoms with Crippen LogP contribution >= 0.6 is 0 Å². The third-order valence-corrected chi connectivity index (χ3v) is 4.85. The van der Waals surface area contributed by atoms with Gasteiger partial charge in [-0.15, -0.1) is 0 Å². The quantitative estimate of drug-likeness (QED) is 0.723. The highest BCUT2D eigenvalue weighted by atomic mass is 16.2. The molecular weight excluding hydrogens is 312 g/mol. The summed E-state index contributed by atoms with van der Waals surface area (Å²) in [6.45, 7) is 7.41. The number of benzene rings is 1. The minimum Gasteiger partial charge on any atom is -0.368 e. The van der Waals surface area contributed by atoms with E-state index in [-0.39, 0.29) is 5.91 Å². The average molecular weight is 334 g/mol. The highest BCUT2D eigenvalue weighted by Gasteiger charge is 2.24. The van der Waals surface area contributed by atoms with E-state index in [9.17, 15) is 4.79 Å². The fourth-order valence-electron chi connectivity index (χ4n) is 3.52. The molecule has 5 heteroatoms. The standard InChI is InChI=1S/C20H22N4O/c1-15-6-7-19(16(2)13-15)22-9-11-23(12-10-22)20(25)18-14-17-5-3-4-8-24(17)21-18/h3-8,13-14H,9-12H2,1-2H3. The largest absolute Gasteiger partial charge is 0.368 e. The summed E-state index contributed by atoms with van der Waals surface area (Å²) >= 11 is 0. The Balaban J connectivity index is 1.46. The number of fused-ring (bicyclic) bond motifs is 1. The smallest absolute Gasteiger partial charge is 0.274 e. The number of aromatic nitrogens is 2. The second kappa shape index (κ2) is 6.24. The van der Waals surface area contributed by atoms with Gasteiger partial charge < -0.3 is 9.80 Å². The monoisotopic (exact) mass is 334 g/mol. The molecule has 4 rings (SSSR count). The summed E-state index contributed by atoms with van der Waals surface area (Å²) in [6, 6.07) is 14.2. The highest BCUT2D eigenvalue weighted by Crippen LogP contribution is 2.23. The van der Waals surface area contributed by atoms with E-state index in [1.165, 1.54) is 16.8 Å². The molecule has 0 spiro atoms. The van der Waals surface area contributed by atoms with Gasteiger partial charge in [0, 0.05) is 38.1 Å². The Morgan fingerprint density at radius 1 is 1.00 bits per heavy atom. The van der Waals surface area contributed by atoms with Crippen LogP contribution in [0.5, 0.6) is 0 Å². The molecule has 25 heavy (non-hydrogen) atoms. The molecule has 1 amide bonds. The van der Waals surface area contributed by atoms with Gasteiger partial charge in [0.1, 0.15) is 0 Å². The number of piperazine rings is 1. The van der Waals surface area contributed by atoms with Crippen LogP contribution in [0.25, 0.3) is 5.52 Å². The third-order valence-electron chi connectivity index (χ3n) is 4.85. The first kappa shape index (κ1) is 15.7. The molecule has 1 fully saturated rings. The zero-order valence-electron chi connectivity index (χ0n) is 14.6. The van der Waals surface area contributed by atoms with Crippen molar-refractivity contribution in [2.45, 2.75) is 13.8 Å². The number of carbonyl (C=O) groups excluding carboxylic acids is 1. The van der Waals surface area contributed by atoms with E-state index < -0.39 is 0 Å². The van der Waals surface area contributed by atoms with Crippen LogP contribution in [0.15, 0.2) is 48.7 Å². The third kappa shape index (κ3) is 2.97. The van der Waals surface area contributed by atoms with E-state index >= 15 is 0 Å². The first-order valence-corrected chi connectivity index (χ1v) is 8.68. The van der Waals surface area contributed by atoms with Crippen molar-refractivity contribution in [2.75, 3.05) is 31.1 Å². The fourth-order valence-corrected chi connectivity index (χ4v) is 3.52. The van der Waals surface area contributed by atoms with Crippen molar-refractivity contribution in [1.82, 2.24) is 14.5 Å². The number of carbonyl (C=O) groups is 1. The lowest BCUT2D eigenvalue weighted by molar-refractivity contribution is 0.0740. The van der Waals surface area contributed by atoms with Crippen LogP contribution in [-0.2, 0) is 0 Å². The van der Waals surface area contributed by atoms with Crippen LogP contribution in [0.4, 0.5) is 5.69 Å². The summed E-state index contributed by atoms with van der Waals surface area (Å²) in [4.78, 5) is 17.0. The second-order valence-corrected chi connectivity index (χ2v) is 6.67. The van der Waals surface area contributed by atoms with Crippen molar-refractivity contribution in [1.29, 1.82) is 0 Å². The predicted octanol–water partition coefficient (Wildman–Crippen LogP) is 2.91. The van der Waals surface area contributed by atoms with Crippen LogP contribution in [0.1, 0.15) is 21.6 Å². The molecule has 0 radical (unpaired) electrons. The van der Waals surface area contributed by atoms with Gasteiger partial charge in [-0.1, -0.05) is 23.8 Å².